The zero-order chi connectivity index (χ0) is 24.9. The van der Waals surface area contributed by atoms with Gasteiger partial charge in [0.05, 0.1) is 13.5 Å². The number of halogens is 1. The lowest BCUT2D eigenvalue weighted by molar-refractivity contribution is -0.145. The Morgan fingerprint density at radius 2 is 1.88 bits per heavy atom. The molecule has 0 saturated carbocycles. The molecule has 0 spiro atoms. The third-order valence-electron chi connectivity index (χ3n) is 5.42. The van der Waals surface area contributed by atoms with Gasteiger partial charge in [0.15, 0.2) is 0 Å². The molecule has 0 aliphatic rings. The molecule has 0 aliphatic heterocycles. The second-order valence-corrected chi connectivity index (χ2v) is 8.16. The van der Waals surface area contributed by atoms with Gasteiger partial charge in [-0.1, -0.05) is 30.4 Å². The van der Waals surface area contributed by atoms with E-state index in [0.29, 0.717) is 25.9 Å². The van der Waals surface area contributed by atoms with Gasteiger partial charge in [-0.05, 0) is 49.1 Å². The van der Waals surface area contributed by atoms with Crippen molar-refractivity contribution in [1.82, 2.24) is 20.0 Å². The standard InChI is InChI=1S/C25H33ClN4O4/c1-4-10-21(25(33)34-3)29-24(32)20(12-8-9-14-27-26)28-23(31)16-18-17-30(15-5-2)22-13-7-6-11-19(18)22/h4-7,11,13,17,20-21,27H,1-2,8-10,12,14-16H2,3H3,(H,28,31)(H,29,32)/t20-,21+/m1/s1. The average Bonchev–Trinajstić information content (AvgIpc) is 3.17. The molecule has 2 rings (SSSR count). The predicted octanol–water partition coefficient (Wildman–Crippen LogP) is 3.00. The van der Waals surface area contributed by atoms with E-state index >= 15 is 0 Å². The molecule has 1 aromatic heterocycles. The van der Waals surface area contributed by atoms with Crippen molar-refractivity contribution in [2.75, 3.05) is 13.7 Å². The van der Waals surface area contributed by atoms with E-state index in [1.165, 1.54) is 13.2 Å². The first-order valence-electron chi connectivity index (χ1n) is 11.2. The number of aromatic nitrogens is 1. The highest BCUT2D eigenvalue weighted by Gasteiger charge is 2.26. The summed E-state index contributed by atoms with van der Waals surface area (Å²) in [7, 11) is 1.26. The molecule has 1 aromatic carbocycles. The number of carbonyl (C=O) groups is 3. The first kappa shape index (κ1) is 27.1. The quantitative estimate of drug-likeness (QED) is 0.155. The number of allylic oxidation sites excluding steroid dienone is 1. The minimum Gasteiger partial charge on any atom is -0.467 e. The summed E-state index contributed by atoms with van der Waals surface area (Å²) in [5.41, 5.74) is 1.87. The number of hydrogen-bond donors (Lipinski definition) is 3. The summed E-state index contributed by atoms with van der Waals surface area (Å²) < 4.78 is 6.79. The van der Waals surface area contributed by atoms with Gasteiger partial charge in [-0.25, -0.2) is 9.63 Å². The molecule has 0 unspecified atom stereocenters. The van der Waals surface area contributed by atoms with Gasteiger partial charge >= 0.3 is 5.97 Å². The van der Waals surface area contributed by atoms with Crippen LogP contribution in [0, 0.1) is 0 Å². The number of ether oxygens (including phenoxy) is 1. The van der Waals surface area contributed by atoms with Crippen molar-refractivity contribution in [3.63, 3.8) is 0 Å². The molecule has 2 atom stereocenters. The normalized spacial score (nSPS) is 12.5. The van der Waals surface area contributed by atoms with Gasteiger partial charge < -0.3 is 19.9 Å². The molecule has 0 fully saturated rings. The smallest absolute Gasteiger partial charge is 0.328 e. The summed E-state index contributed by atoms with van der Waals surface area (Å²) in [6.07, 6.45) is 7.38. The monoisotopic (exact) mass is 488 g/mol. The number of amides is 2. The summed E-state index contributed by atoms with van der Waals surface area (Å²) in [6, 6.07) is 6.17. The first-order valence-corrected chi connectivity index (χ1v) is 11.6. The molecular formula is C25H33ClN4O4. The molecule has 2 amide bonds. The zero-order valence-electron chi connectivity index (χ0n) is 19.5. The third-order valence-corrected chi connectivity index (χ3v) is 5.61. The number of esters is 1. The lowest BCUT2D eigenvalue weighted by atomic mass is 10.1. The summed E-state index contributed by atoms with van der Waals surface area (Å²) >= 11 is 5.51. The second kappa shape index (κ2) is 14.2. The number of para-hydroxylation sites is 1. The molecule has 0 radical (unpaired) electrons. The van der Waals surface area contributed by atoms with Gasteiger partial charge in [0.1, 0.15) is 12.1 Å². The van der Waals surface area contributed by atoms with Gasteiger partial charge in [-0.3, -0.25) is 9.59 Å². The molecule has 1 heterocycles. The van der Waals surface area contributed by atoms with E-state index in [4.69, 9.17) is 16.5 Å². The van der Waals surface area contributed by atoms with Crippen LogP contribution in [0.15, 0.2) is 55.8 Å². The van der Waals surface area contributed by atoms with Crippen LogP contribution in [-0.4, -0.2) is 48.1 Å². The molecule has 9 heteroatoms. The van der Waals surface area contributed by atoms with Crippen molar-refractivity contribution in [2.45, 2.75) is 50.7 Å². The first-order chi connectivity index (χ1) is 16.4. The maximum Gasteiger partial charge on any atom is 0.328 e. The average molecular weight is 489 g/mol. The number of unbranched alkanes of at least 4 members (excludes halogenated alkanes) is 1. The van der Waals surface area contributed by atoms with Crippen LogP contribution in [0.1, 0.15) is 31.2 Å². The van der Waals surface area contributed by atoms with E-state index in [1.54, 1.807) is 6.08 Å². The molecule has 0 saturated heterocycles. The van der Waals surface area contributed by atoms with Crippen molar-refractivity contribution in [1.29, 1.82) is 0 Å². The Bertz CT molecular complexity index is 1000. The highest BCUT2D eigenvalue weighted by Crippen LogP contribution is 2.22. The van der Waals surface area contributed by atoms with E-state index in [9.17, 15) is 14.4 Å². The largest absolute Gasteiger partial charge is 0.467 e. The van der Waals surface area contributed by atoms with E-state index in [-0.39, 0.29) is 18.7 Å². The Balaban J connectivity index is 2.15. The molecule has 0 aliphatic carbocycles. The number of nitrogens with zero attached hydrogens (tertiary/aromatic N) is 1. The van der Waals surface area contributed by atoms with E-state index < -0.39 is 24.0 Å². The number of carbonyl (C=O) groups excluding carboxylic acids is 3. The van der Waals surface area contributed by atoms with E-state index in [1.807, 2.05) is 35.0 Å². The minimum atomic E-state index is -0.865. The Morgan fingerprint density at radius 3 is 2.56 bits per heavy atom. The molecule has 184 valence electrons. The molecule has 2 aromatic rings. The van der Waals surface area contributed by atoms with Crippen LogP contribution in [-0.2, 0) is 32.1 Å². The maximum absolute atomic E-state index is 13.0. The lowest BCUT2D eigenvalue weighted by Crippen LogP contribution is -2.52. The number of fused-ring (bicyclic) bond motifs is 1. The number of benzene rings is 1. The van der Waals surface area contributed by atoms with Crippen LogP contribution in [0.4, 0.5) is 0 Å². The number of rotatable bonds is 15. The van der Waals surface area contributed by atoms with Crippen LogP contribution in [0.2, 0.25) is 0 Å². The fraction of sp³-hybridized carbons (Fsp3) is 0.400. The van der Waals surface area contributed by atoms with Gasteiger partial charge in [-0.15, -0.1) is 13.2 Å². The van der Waals surface area contributed by atoms with Gasteiger partial charge in [-0.2, -0.15) is 0 Å². The molecule has 3 N–H and O–H groups in total. The zero-order valence-corrected chi connectivity index (χ0v) is 20.3. The van der Waals surface area contributed by atoms with Crippen LogP contribution in [0.3, 0.4) is 0 Å². The van der Waals surface area contributed by atoms with Crippen LogP contribution in [0.5, 0.6) is 0 Å². The van der Waals surface area contributed by atoms with Crippen LogP contribution in [0.25, 0.3) is 10.9 Å². The fourth-order valence-corrected chi connectivity index (χ4v) is 3.91. The summed E-state index contributed by atoms with van der Waals surface area (Å²) in [5, 5.41) is 6.49. The van der Waals surface area contributed by atoms with Crippen molar-refractivity contribution >= 4 is 40.5 Å². The number of nitrogens with one attached hydrogen (secondary N) is 3. The molecule has 0 bridgehead atoms. The molecular weight excluding hydrogens is 456 g/mol. The van der Waals surface area contributed by atoms with Crippen molar-refractivity contribution < 1.29 is 19.1 Å². The summed E-state index contributed by atoms with van der Waals surface area (Å²) in [6.45, 7) is 8.61. The Hall–Kier alpha value is -3.10. The highest BCUT2D eigenvalue weighted by atomic mass is 35.5. The van der Waals surface area contributed by atoms with Crippen molar-refractivity contribution in [3.8, 4) is 0 Å². The Labute approximate surface area is 205 Å². The lowest BCUT2D eigenvalue weighted by Gasteiger charge is -2.22. The molecule has 8 nitrogen and oxygen atoms in total. The third kappa shape index (κ3) is 7.74. The van der Waals surface area contributed by atoms with Crippen molar-refractivity contribution in [2.24, 2.45) is 0 Å². The SMILES string of the molecule is C=CC[C@H](NC(=O)[C@@H](CCCCNCl)NC(=O)Cc1cn(CC=C)c2ccccc12)C(=O)OC. The molecule has 34 heavy (non-hydrogen) atoms. The minimum absolute atomic E-state index is 0.116. The van der Waals surface area contributed by atoms with Gasteiger partial charge in [0, 0.05) is 30.2 Å². The van der Waals surface area contributed by atoms with Crippen LogP contribution < -0.4 is 15.5 Å². The Kier molecular flexibility index (Phi) is 11.4. The number of hydrogen-bond acceptors (Lipinski definition) is 5. The topological polar surface area (TPSA) is 101 Å². The van der Waals surface area contributed by atoms with E-state index in [2.05, 4.69) is 28.6 Å². The second-order valence-electron chi connectivity index (χ2n) is 7.90. The Morgan fingerprint density at radius 1 is 1.12 bits per heavy atom. The summed E-state index contributed by atoms with van der Waals surface area (Å²) in [5.74, 6) is -1.30. The van der Waals surface area contributed by atoms with Crippen LogP contribution >= 0.6 is 11.8 Å². The van der Waals surface area contributed by atoms with Gasteiger partial charge in [0.25, 0.3) is 0 Å². The van der Waals surface area contributed by atoms with E-state index in [0.717, 1.165) is 22.9 Å². The fourth-order valence-electron chi connectivity index (χ4n) is 3.78. The maximum atomic E-state index is 13.0. The van der Waals surface area contributed by atoms with Crippen molar-refractivity contribution in [3.05, 3.63) is 61.3 Å². The van der Waals surface area contributed by atoms with Gasteiger partial charge in [0.2, 0.25) is 11.8 Å². The predicted molar refractivity (Wildman–Crippen MR) is 134 cm³/mol. The summed E-state index contributed by atoms with van der Waals surface area (Å²) in [4.78, 5) is 40.5. The number of methoxy groups -OCH3 is 1. The highest BCUT2D eigenvalue weighted by molar-refractivity contribution is 6.13.